The molecule has 1 atom stereocenters. The smallest absolute Gasteiger partial charge is 0.166 e. The van der Waals surface area contributed by atoms with Gasteiger partial charge in [0.1, 0.15) is 5.76 Å². The molecule has 0 spiro atoms. The maximum Gasteiger partial charge on any atom is 0.166 e. The van der Waals surface area contributed by atoms with Crippen molar-refractivity contribution in [3.05, 3.63) is 11.8 Å². The molecule has 0 aromatic carbocycles. The van der Waals surface area contributed by atoms with Crippen LogP contribution in [-0.4, -0.2) is 12.4 Å². The molecule has 2 nitrogen and oxygen atoms in total. The molecule has 0 radical (unpaired) electrons. The van der Waals surface area contributed by atoms with Gasteiger partial charge in [-0.3, -0.25) is 4.79 Å². The van der Waals surface area contributed by atoms with E-state index in [9.17, 15) is 4.79 Å². The van der Waals surface area contributed by atoms with Crippen LogP contribution in [0.25, 0.3) is 0 Å². The number of rotatable bonds is 0. The zero-order valence-corrected chi connectivity index (χ0v) is 10.7. The Morgan fingerprint density at radius 2 is 1.73 bits per heavy atom. The quantitative estimate of drug-likeness (QED) is 0.614. The first-order valence-corrected chi connectivity index (χ1v) is 5.51. The van der Waals surface area contributed by atoms with Crippen LogP contribution in [0.2, 0.25) is 0 Å². The summed E-state index contributed by atoms with van der Waals surface area (Å²) in [5.41, 5.74) is -0.0878. The van der Waals surface area contributed by atoms with Gasteiger partial charge in [-0.2, -0.15) is 0 Å². The first kappa shape index (κ1) is 12.3. The van der Waals surface area contributed by atoms with Crippen molar-refractivity contribution < 1.29 is 9.53 Å². The first-order valence-electron chi connectivity index (χ1n) is 5.51. The van der Waals surface area contributed by atoms with E-state index in [1.54, 1.807) is 6.08 Å². The van der Waals surface area contributed by atoms with Crippen LogP contribution in [0.5, 0.6) is 0 Å². The van der Waals surface area contributed by atoms with Gasteiger partial charge in [-0.15, -0.1) is 0 Å². The average Bonchev–Trinajstić information content (AvgIpc) is 1.99. The summed E-state index contributed by atoms with van der Waals surface area (Å²) in [6.07, 6.45) is 1.68. The van der Waals surface area contributed by atoms with E-state index in [0.29, 0.717) is 6.61 Å². The maximum atomic E-state index is 11.9. The van der Waals surface area contributed by atoms with Gasteiger partial charge < -0.3 is 4.74 Å². The van der Waals surface area contributed by atoms with Crippen LogP contribution in [0.4, 0.5) is 0 Å². The molecule has 86 valence electrons. The van der Waals surface area contributed by atoms with Crippen LogP contribution in [0, 0.1) is 16.7 Å². The summed E-state index contributed by atoms with van der Waals surface area (Å²) in [6.45, 7) is 12.9. The number of hydrogen-bond donors (Lipinski definition) is 0. The molecule has 0 aliphatic carbocycles. The number of ether oxygens (including phenoxy) is 1. The second kappa shape index (κ2) is 3.66. The maximum absolute atomic E-state index is 11.9. The minimum atomic E-state index is -0.0709. The summed E-state index contributed by atoms with van der Waals surface area (Å²) >= 11 is 0. The highest BCUT2D eigenvalue weighted by Gasteiger charge is 2.36. The Balaban J connectivity index is 2.88. The molecule has 1 rings (SSSR count). The molecule has 0 aromatic rings. The molecule has 1 heterocycles. The molecule has 1 aliphatic rings. The van der Waals surface area contributed by atoms with Crippen LogP contribution in [-0.2, 0) is 9.53 Å². The van der Waals surface area contributed by atoms with Crippen LogP contribution < -0.4 is 0 Å². The first-order chi connectivity index (χ1) is 6.62. The Bertz CT molecular complexity index is 287. The molecule has 1 aliphatic heterocycles. The summed E-state index contributed by atoms with van der Waals surface area (Å²) in [7, 11) is 0. The van der Waals surface area contributed by atoms with E-state index in [1.807, 2.05) is 0 Å². The van der Waals surface area contributed by atoms with E-state index in [0.717, 1.165) is 5.76 Å². The normalized spacial score (nSPS) is 23.5. The van der Waals surface area contributed by atoms with Crippen molar-refractivity contribution in [2.24, 2.45) is 16.7 Å². The van der Waals surface area contributed by atoms with Crippen molar-refractivity contribution in [3.8, 4) is 0 Å². The average molecular weight is 210 g/mol. The summed E-state index contributed by atoms with van der Waals surface area (Å²) in [6, 6.07) is 0. The van der Waals surface area contributed by atoms with E-state index >= 15 is 0 Å². The number of hydrogen-bond acceptors (Lipinski definition) is 2. The van der Waals surface area contributed by atoms with Gasteiger partial charge >= 0.3 is 0 Å². The van der Waals surface area contributed by atoms with Gasteiger partial charge in [0.2, 0.25) is 0 Å². The highest BCUT2D eigenvalue weighted by atomic mass is 16.5. The Morgan fingerprint density at radius 3 is 2.07 bits per heavy atom. The van der Waals surface area contributed by atoms with Gasteiger partial charge in [0.25, 0.3) is 0 Å². The van der Waals surface area contributed by atoms with Gasteiger partial charge in [-0.25, -0.2) is 0 Å². The van der Waals surface area contributed by atoms with Crippen molar-refractivity contribution >= 4 is 5.78 Å². The predicted molar refractivity (Wildman–Crippen MR) is 61.4 cm³/mol. The minimum absolute atomic E-state index is 0.0106. The second-order valence-electron chi connectivity index (χ2n) is 6.39. The van der Waals surface area contributed by atoms with Gasteiger partial charge in [0, 0.05) is 11.5 Å². The van der Waals surface area contributed by atoms with Gasteiger partial charge in [0.05, 0.1) is 12.5 Å². The zero-order valence-electron chi connectivity index (χ0n) is 10.7. The van der Waals surface area contributed by atoms with Crippen molar-refractivity contribution in [3.63, 3.8) is 0 Å². The molecule has 2 heteroatoms. The lowest BCUT2D eigenvalue weighted by Gasteiger charge is -2.35. The lowest BCUT2D eigenvalue weighted by molar-refractivity contribution is -0.126. The van der Waals surface area contributed by atoms with Crippen molar-refractivity contribution in [2.75, 3.05) is 6.61 Å². The van der Waals surface area contributed by atoms with Crippen LogP contribution in [0.15, 0.2) is 11.8 Å². The molecule has 0 saturated carbocycles. The third kappa shape index (κ3) is 2.83. The van der Waals surface area contributed by atoms with Crippen molar-refractivity contribution in [2.45, 2.75) is 41.5 Å². The van der Waals surface area contributed by atoms with Crippen LogP contribution in [0.1, 0.15) is 41.5 Å². The fourth-order valence-corrected chi connectivity index (χ4v) is 1.64. The molecule has 15 heavy (non-hydrogen) atoms. The number of ketones is 1. The highest BCUT2D eigenvalue weighted by molar-refractivity contribution is 5.93. The highest BCUT2D eigenvalue weighted by Crippen LogP contribution is 2.35. The third-order valence-corrected chi connectivity index (χ3v) is 2.81. The van der Waals surface area contributed by atoms with Gasteiger partial charge in [0.15, 0.2) is 5.78 Å². The number of carbonyl (C=O) groups is 1. The minimum Gasteiger partial charge on any atom is -0.496 e. The number of carbonyl (C=O) groups excluding carboxylic acids is 1. The summed E-state index contributed by atoms with van der Waals surface area (Å²) in [5.74, 6) is 1.01. The monoisotopic (exact) mass is 210 g/mol. The van der Waals surface area contributed by atoms with Crippen LogP contribution >= 0.6 is 0 Å². The lowest BCUT2D eigenvalue weighted by atomic mass is 9.76. The number of allylic oxidation sites excluding steroid dienone is 2. The Morgan fingerprint density at radius 1 is 1.20 bits per heavy atom. The summed E-state index contributed by atoms with van der Waals surface area (Å²) in [4.78, 5) is 11.9. The van der Waals surface area contributed by atoms with Crippen molar-refractivity contribution in [1.82, 2.24) is 0 Å². The molecular formula is C13H22O2. The molecule has 0 aromatic heterocycles. The fraction of sp³-hybridized carbons (Fsp3) is 0.769. The van der Waals surface area contributed by atoms with Crippen LogP contribution in [0.3, 0.4) is 0 Å². The molecule has 0 fully saturated rings. The third-order valence-electron chi connectivity index (χ3n) is 2.81. The van der Waals surface area contributed by atoms with Gasteiger partial charge in [-0.05, 0) is 5.41 Å². The van der Waals surface area contributed by atoms with E-state index in [-0.39, 0.29) is 22.5 Å². The van der Waals surface area contributed by atoms with E-state index in [1.165, 1.54) is 0 Å². The fourth-order valence-electron chi connectivity index (χ4n) is 1.64. The Kier molecular flexibility index (Phi) is 2.99. The molecule has 0 amide bonds. The molecule has 1 unspecified atom stereocenters. The zero-order chi connectivity index (χ0) is 11.9. The standard InChI is InChI=1S/C13H22O2/c1-12(2,3)9-8-15-11(7-10(9)14)13(4,5)6/h7,9H,8H2,1-6H3. The van der Waals surface area contributed by atoms with E-state index < -0.39 is 0 Å². The largest absolute Gasteiger partial charge is 0.496 e. The molecule has 0 bridgehead atoms. The topological polar surface area (TPSA) is 26.3 Å². The second-order valence-corrected chi connectivity index (χ2v) is 6.39. The lowest BCUT2D eigenvalue weighted by Crippen LogP contribution is -2.36. The van der Waals surface area contributed by atoms with E-state index in [2.05, 4.69) is 41.5 Å². The summed E-state index contributed by atoms with van der Waals surface area (Å²) in [5, 5.41) is 0. The van der Waals surface area contributed by atoms with E-state index in [4.69, 9.17) is 4.74 Å². The SMILES string of the molecule is CC(C)(C)C1=CC(=O)C(C(C)(C)C)CO1. The molecular weight excluding hydrogens is 188 g/mol. The van der Waals surface area contributed by atoms with Crippen molar-refractivity contribution in [1.29, 1.82) is 0 Å². The van der Waals surface area contributed by atoms with Gasteiger partial charge in [-0.1, -0.05) is 41.5 Å². The Labute approximate surface area is 92.7 Å². The molecule has 0 N–H and O–H groups in total. The molecule has 0 saturated heterocycles. The predicted octanol–water partition coefficient (Wildman–Crippen LogP) is 3.18. The summed E-state index contributed by atoms with van der Waals surface area (Å²) < 4.78 is 5.69. The Hall–Kier alpha value is -0.790.